The molecule has 1 aliphatic heterocycles. The van der Waals surface area contributed by atoms with Crippen LogP contribution in [0.3, 0.4) is 0 Å². The first kappa shape index (κ1) is 46.9. The number of allylic oxidation sites excluding steroid dienone is 6. The normalized spacial score (nSPS) is 21.6. The predicted octanol–water partition coefficient (Wildman–Crippen LogP) is 7.55. The van der Waals surface area contributed by atoms with Crippen molar-refractivity contribution < 1.29 is 49.0 Å². The molecule has 2 unspecified atom stereocenters. The minimum absolute atomic E-state index is 0.216. The lowest BCUT2D eigenvalue weighted by atomic mass is 9.99. The average Bonchev–Trinajstić information content (AvgIpc) is 3.13. The fourth-order valence-corrected chi connectivity index (χ4v) is 5.73. The molecule has 0 aromatic rings. The van der Waals surface area contributed by atoms with E-state index in [0.29, 0.717) is 12.8 Å². The van der Waals surface area contributed by atoms with Crippen molar-refractivity contribution in [3.05, 3.63) is 36.5 Å². The maximum absolute atomic E-state index is 12.7. The van der Waals surface area contributed by atoms with Gasteiger partial charge in [-0.3, -0.25) is 9.59 Å². The van der Waals surface area contributed by atoms with Crippen LogP contribution >= 0.6 is 0 Å². The molecule has 0 aromatic heterocycles. The minimum Gasteiger partial charge on any atom is -0.462 e. The van der Waals surface area contributed by atoms with Crippen molar-refractivity contribution in [2.45, 2.75) is 192 Å². The van der Waals surface area contributed by atoms with Crippen molar-refractivity contribution >= 4 is 11.9 Å². The second-order valence-corrected chi connectivity index (χ2v) is 13.7. The summed E-state index contributed by atoms with van der Waals surface area (Å²) < 4.78 is 22.0. The van der Waals surface area contributed by atoms with Crippen LogP contribution in [0.5, 0.6) is 0 Å². The zero-order valence-corrected chi connectivity index (χ0v) is 31.8. The van der Waals surface area contributed by atoms with Gasteiger partial charge in [-0.2, -0.15) is 0 Å². The standard InChI is InChI=1S/C41H72O10/c1-3-5-7-9-11-13-15-16-17-18-20-21-23-25-27-29-36(43)48-32-34(33-49-41-40(47)39(46)38(45)35(31-42)51-41)50-37(44)30-28-26-24-22-19-14-12-10-8-6-4-2/h10-13,16-17,34-35,38-42,45-47H,3-9,14-15,18-33H2,1-2H3/b12-10+,13-11+,17-16+/t34-,35-,38+,39?,40?,41-/m0/s1. The third-order valence-corrected chi connectivity index (χ3v) is 9.00. The summed E-state index contributed by atoms with van der Waals surface area (Å²) in [5.41, 5.74) is 0. The first-order valence-electron chi connectivity index (χ1n) is 20.1. The first-order chi connectivity index (χ1) is 24.8. The summed E-state index contributed by atoms with van der Waals surface area (Å²) in [5, 5.41) is 39.9. The van der Waals surface area contributed by atoms with Crippen LogP contribution in [-0.2, 0) is 28.5 Å². The summed E-state index contributed by atoms with van der Waals surface area (Å²) in [6, 6.07) is 0. The molecule has 51 heavy (non-hydrogen) atoms. The fraction of sp³-hybridized carbons (Fsp3) is 0.805. The summed E-state index contributed by atoms with van der Waals surface area (Å²) in [6.45, 7) is 3.31. The Balaban J connectivity index is 2.39. The van der Waals surface area contributed by atoms with Gasteiger partial charge in [0.1, 0.15) is 31.0 Å². The van der Waals surface area contributed by atoms with E-state index in [9.17, 15) is 30.0 Å². The molecule has 0 aromatic carbocycles. The van der Waals surface area contributed by atoms with Crippen molar-refractivity contribution in [1.82, 2.24) is 0 Å². The maximum atomic E-state index is 12.7. The number of ether oxygens (including phenoxy) is 4. The predicted molar refractivity (Wildman–Crippen MR) is 201 cm³/mol. The van der Waals surface area contributed by atoms with Crippen molar-refractivity contribution in [1.29, 1.82) is 0 Å². The van der Waals surface area contributed by atoms with Crippen LogP contribution in [0.1, 0.15) is 155 Å². The van der Waals surface area contributed by atoms with Gasteiger partial charge >= 0.3 is 11.9 Å². The molecule has 0 bridgehead atoms. The van der Waals surface area contributed by atoms with Crippen molar-refractivity contribution in [2.24, 2.45) is 0 Å². The van der Waals surface area contributed by atoms with Crippen LogP contribution in [0.15, 0.2) is 36.5 Å². The molecule has 1 aliphatic rings. The van der Waals surface area contributed by atoms with Crippen LogP contribution in [0.2, 0.25) is 0 Å². The highest BCUT2D eigenvalue weighted by molar-refractivity contribution is 5.70. The molecule has 0 spiro atoms. The molecule has 6 atom stereocenters. The van der Waals surface area contributed by atoms with Gasteiger partial charge in [0.05, 0.1) is 13.2 Å². The number of unbranched alkanes of at least 4 members (excludes halogenated alkanes) is 15. The highest BCUT2D eigenvalue weighted by atomic mass is 16.7. The fourth-order valence-electron chi connectivity index (χ4n) is 5.73. The molecule has 0 saturated carbocycles. The van der Waals surface area contributed by atoms with Crippen molar-refractivity contribution in [3.63, 3.8) is 0 Å². The van der Waals surface area contributed by atoms with Crippen molar-refractivity contribution in [2.75, 3.05) is 19.8 Å². The van der Waals surface area contributed by atoms with E-state index in [1.807, 2.05) is 0 Å². The number of carbonyl (C=O) groups is 2. The topological polar surface area (TPSA) is 152 Å². The molecule has 1 heterocycles. The Labute approximate surface area is 308 Å². The summed E-state index contributed by atoms with van der Waals surface area (Å²) in [4.78, 5) is 25.2. The largest absolute Gasteiger partial charge is 0.462 e. The zero-order chi connectivity index (χ0) is 37.4. The van der Waals surface area contributed by atoms with Crippen LogP contribution in [0.4, 0.5) is 0 Å². The van der Waals surface area contributed by atoms with E-state index < -0.39 is 55.4 Å². The van der Waals surface area contributed by atoms with E-state index >= 15 is 0 Å². The molecule has 4 N–H and O–H groups in total. The van der Waals surface area contributed by atoms with Crippen LogP contribution in [0.25, 0.3) is 0 Å². The van der Waals surface area contributed by atoms with Gasteiger partial charge < -0.3 is 39.4 Å². The van der Waals surface area contributed by atoms with E-state index in [1.54, 1.807) is 0 Å². The molecule has 1 fully saturated rings. The third-order valence-electron chi connectivity index (χ3n) is 9.00. The Kier molecular flexibility index (Phi) is 30.0. The lowest BCUT2D eigenvalue weighted by Crippen LogP contribution is -2.59. The number of aliphatic hydroxyl groups excluding tert-OH is 4. The van der Waals surface area contributed by atoms with Gasteiger partial charge in [0.2, 0.25) is 0 Å². The van der Waals surface area contributed by atoms with E-state index in [1.165, 1.54) is 38.5 Å². The Morgan fingerprint density at radius 2 is 1.12 bits per heavy atom. The Bertz CT molecular complexity index is 933. The molecule has 0 aliphatic carbocycles. The monoisotopic (exact) mass is 725 g/mol. The lowest BCUT2D eigenvalue weighted by molar-refractivity contribution is -0.305. The van der Waals surface area contributed by atoms with Gasteiger partial charge in [-0.15, -0.1) is 0 Å². The highest BCUT2D eigenvalue weighted by Gasteiger charge is 2.44. The summed E-state index contributed by atoms with van der Waals surface area (Å²) in [7, 11) is 0. The summed E-state index contributed by atoms with van der Waals surface area (Å²) in [6.07, 6.45) is 27.2. The molecule has 10 heteroatoms. The zero-order valence-electron chi connectivity index (χ0n) is 31.8. The Morgan fingerprint density at radius 3 is 1.71 bits per heavy atom. The molecule has 0 radical (unpaired) electrons. The van der Waals surface area contributed by atoms with Crippen LogP contribution in [0, 0.1) is 0 Å². The van der Waals surface area contributed by atoms with Crippen molar-refractivity contribution in [3.8, 4) is 0 Å². The number of hydrogen-bond acceptors (Lipinski definition) is 10. The number of esters is 2. The number of rotatable bonds is 32. The molecule has 1 saturated heterocycles. The molecular formula is C41H72O10. The Morgan fingerprint density at radius 1 is 0.608 bits per heavy atom. The van der Waals surface area contributed by atoms with E-state index in [2.05, 4.69) is 50.3 Å². The molecule has 10 nitrogen and oxygen atoms in total. The molecule has 0 amide bonds. The van der Waals surface area contributed by atoms with E-state index in [4.69, 9.17) is 18.9 Å². The van der Waals surface area contributed by atoms with Crippen LogP contribution in [-0.4, -0.2) is 89.0 Å². The van der Waals surface area contributed by atoms with Gasteiger partial charge in [-0.25, -0.2) is 0 Å². The molecule has 296 valence electrons. The maximum Gasteiger partial charge on any atom is 0.306 e. The van der Waals surface area contributed by atoms with Gasteiger partial charge in [-0.05, 0) is 64.2 Å². The Hall–Kier alpha value is -2.08. The van der Waals surface area contributed by atoms with Gasteiger partial charge in [0.15, 0.2) is 12.4 Å². The summed E-state index contributed by atoms with van der Waals surface area (Å²) >= 11 is 0. The third kappa shape index (κ3) is 24.7. The van der Waals surface area contributed by atoms with E-state index in [0.717, 1.165) is 77.0 Å². The number of aliphatic hydroxyl groups is 4. The van der Waals surface area contributed by atoms with Gasteiger partial charge in [-0.1, -0.05) is 115 Å². The second kappa shape index (κ2) is 32.6. The molecular weight excluding hydrogens is 652 g/mol. The number of carbonyl (C=O) groups excluding carboxylic acids is 2. The van der Waals surface area contributed by atoms with Gasteiger partial charge in [0.25, 0.3) is 0 Å². The van der Waals surface area contributed by atoms with Gasteiger partial charge in [0, 0.05) is 12.8 Å². The second-order valence-electron chi connectivity index (χ2n) is 13.7. The quantitative estimate of drug-likeness (QED) is 0.0311. The SMILES string of the molecule is CCCC/C=C/CCCCCCCC(=O)O[C@@H](COC(=O)CCCCCCC/C=C/C/C=C/CCCCC)CO[C@H]1O[C@@H](CO)[C@@H](O)C(O)C1O. The summed E-state index contributed by atoms with van der Waals surface area (Å²) in [5.74, 6) is -0.837. The lowest BCUT2D eigenvalue weighted by Gasteiger charge is -2.39. The van der Waals surface area contributed by atoms with Crippen LogP contribution < -0.4 is 0 Å². The minimum atomic E-state index is -1.60. The van der Waals surface area contributed by atoms with E-state index in [-0.39, 0.29) is 26.1 Å². The highest BCUT2D eigenvalue weighted by Crippen LogP contribution is 2.22. The first-order valence-corrected chi connectivity index (χ1v) is 20.1. The molecule has 1 rings (SSSR count). The number of hydrogen-bond donors (Lipinski definition) is 4. The smallest absolute Gasteiger partial charge is 0.306 e. The average molecular weight is 725 g/mol.